The summed E-state index contributed by atoms with van der Waals surface area (Å²) in [4.78, 5) is 14.4. The van der Waals surface area contributed by atoms with Crippen molar-refractivity contribution in [2.45, 2.75) is 13.3 Å². The van der Waals surface area contributed by atoms with Crippen LogP contribution in [0.4, 0.5) is 4.39 Å². The van der Waals surface area contributed by atoms with Gasteiger partial charge in [-0.15, -0.1) is 0 Å². The van der Waals surface area contributed by atoms with E-state index in [-0.39, 0.29) is 10.9 Å². The monoisotopic (exact) mass is 334 g/mol. The lowest BCUT2D eigenvalue weighted by Crippen LogP contribution is -2.37. The van der Waals surface area contributed by atoms with Gasteiger partial charge in [0.2, 0.25) is 0 Å². The van der Waals surface area contributed by atoms with Gasteiger partial charge in [-0.05, 0) is 36.6 Å². The number of aryl methyl sites for hydroxylation is 1. The fourth-order valence-electron chi connectivity index (χ4n) is 2.37. The molecule has 2 N–H and O–H groups in total. The molecule has 0 bridgehead atoms. The number of hydrogen-bond acceptors (Lipinski definition) is 2. The van der Waals surface area contributed by atoms with E-state index in [9.17, 15) is 9.18 Å². The fourth-order valence-corrected chi connectivity index (χ4v) is 2.60. The lowest BCUT2D eigenvalue weighted by molar-refractivity contribution is 0.0762. The zero-order valence-electron chi connectivity index (χ0n) is 13.1. The molecule has 0 heterocycles. The van der Waals surface area contributed by atoms with Crippen LogP contribution in [0.3, 0.4) is 0 Å². The van der Waals surface area contributed by atoms with Crippen LogP contribution >= 0.6 is 11.6 Å². The number of hydrogen-bond donors (Lipinski definition) is 1. The van der Waals surface area contributed by atoms with Crippen molar-refractivity contribution in [1.82, 2.24) is 4.90 Å². The van der Waals surface area contributed by atoms with Crippen LogP contribution in [0.15, 0.2) is 42.5 Å². The predicted molar refractivity (Wildman–Crippen MR) is 91.3 cm³/mol. The van der Waals surface area contributed by atoms with E-state index in [1.54, 1.807) is 11.8 Å². The summed E-state index contributed by atoms with van der Waals surface area (Å²) in [5, 5.41) is 0.125. The molecule has 3 nitrogen and oxygen atoms in total. The van der Waals surface area contributed by atoms with Crippen LogP contribution in [0.2, 0.25) is 5.02 Å². The third kappa shape index (κ3) is 4.53. The van der Waals surface area contributed by atoms with Gasteiger partial charge in [-0.2, -0.15) is 0 Å². The predicted octanol–water partition coefficient (Wildman–Crippen LogP) is 3.43. The van der Waals surface area contributed by atoms with E-state index < -0.39 is 5.82 Å². The molecular weight excluding hydrogens is 315 g/mol. The van der Waals surface area contributed by atoms with Gasteiger partial charge in [0, 0.05) is 19.6 Å². The molecule has 0 saturated carbocycles. The minimum Gasteiger partial charge on any atom is -0.337 e. The summed E-state index contributed by atoms with van der Waals surface area (Å²) in [5.74, 6) is -0.638. The maximum absolute atomic E-state index is 13.5. The second-order valence-electron chi connectivity index (χ2n) is 5.40. The van der Waals surface area contributed by atoms with Gasteiger partial charge in [-0.1, -0.05) is 41.9 Å². The summed E-state index contributed by atoms with van der Waals surface area (Å²) in [7, 11) is 0. The molecule has 0 aromatic heterocycles. The highest BCUT2D eigenvalue weighted by Crippen LogP contribution is 2.22. The topological polar surface area (TPSA) is 46.3 Å². The number of benzene rings is 2. The van der Waals surface area contributed by atoms with Crippen LogP contribution in [0.1, 0.15) is 21.5 Å². The Balaban J connectivity index is 2.16. The van der Waals surface area contributed by atoms with Gasteiger partial charge < -0.3 is 10.6 Å². The van der Waals surface area contributed by atoms with Crippen molar-refractivity contribution in [3.8, 4) is 0 Å². The van der Waals surface area contributed by atoms with E-state index in [0.29, 0.717) is 30.8 Å². The lowest BCUT2D eigenvalue weighted by Gasteiger charge is -2.23. The molecule has 0 saturated heterocycles. The Morgan fingerprint density at radius 2 is 1.91 bits per heavy atom. The molecule has 2 aromatic rings. The molecule has 0 radical (unpaired) electrons. The minimum atomic E-state index is -0.416. The Morgan fingerprint density at radius 3 is 2.57 bits per heavy atom. The van der Waals surface area contributed by atoms with Gasteiger partial charge in [0.1, 0.15) is 5.82 Å². The highest BCUT2D eigenvalue weighted by atomic mass is 35.5. The van der Waals surface area contributed by atoms with Crippen molar-refractivity contribution in [3.63, 3.8) is 0 Å². The van der Waals surface area contributed by atoms with Crippen LogP contribution in [-0.4, -0.2) is 30.4 Å². The smallest absolute Gasteiger partial charge is 0.255 e. The number of carbonyl (C=O) groups excluding carboxylic acids is 1. The Hall–Kier alpha value is -1.91. The van der Waals surface area contributed by atoms with E-state index in [1.165, 1.54) is 12.1 Å². The average Bonchev–Trinajstić information content (AvgIpc) is 2.55. The Morgan fingerprint density at radius 1 is 1.22 bits per heavy atom. The summed E-state index contributed by atoms with van der Waals surface area (Å²) in [6.07, 6.45) is 0.727. The lowest BCUT2D eigenvalue weighted by atomic mass is 10.1. The molecule has 0 atom stereocenters. The molecule has 122 valence electrons. The molecule has 0 aliphatic heterocycles. The molecule has 0 spiro atoms. The molecule has 0 unspecified atom stereocenters. The van der Waals surface area contributed by atoms with Gasteiger partial charge in [-0.3, -0.25) is 4.79 Å². The van der Waals surface area contributed by atoms with Crippen LogP contribution < -0.4 is 5.73 Å². The molecule has 1 amide bonds. The van der Waals surface area contributed by atoms with E-state index in [4.69, 9.17) is 17.3 Å². The number of rotatable bonds is 6. The normalized spacial score (nSPS) is 10.6. The number of carbonyl (C=O) groups is 1. The molecule has 23 heavy (non-hydrogen) atoms. The summed E-state index contributed by atoms with van der Waals surface area (Å²) in [5.41, 5.74) is 7.47. The largest absolute Gasteiger partial charge is 0.337 e. The zero-order chi connectivity index (χ0) is 16.8. The maximum atomic E-state index is 13.5. The van der Waals surface area contributed by atoms with E-state index in [2.05, 4.69) is 0 Å². The Labute approximate surface area is 140 Å². The number of nitrogens with two attached hydrogens (primary N) is 1. The van der Waals surface area contributed by atoms with Crippen LogP contribution in [-0.2, 0) is 6.42 Å². The fraction of sp³-hybridized carbons (Fsp3) is 0.278. The second-order valence-corrected chi connectivity index (χ2v) is 5.80. The minimum absolute atomic E-state index is 0.125. The highest BCUT2D eigenvalue weighted by Gasteiger charge is 2.19. The summed E-state index contributed by atoms with van der Waals surface area (Å²) >= 11 is 6.04. The molecule has 5 heteroatoms. The van der Waals surface area contributed by atoms with E-state index in [1.807, 2.05) is 30.3 Å². The summed E-state index contributed by atoms with van der Waals surface area (Å²) in [6, 6.07) is 12.6. The highest BCUT2D eigenvalue weighted by molar-refractivity contribution is 6.33. The number of nitrogens with zero attached hydrogens (tertiary/aromatic N) is 1. The van der Waals surface area contributed by atoms with Crippen LogP contribution in [0.25, 0.3) is 0 Å². The first-order valence-electron chi connectivity index (χ1n) is 7.52. The van der Waals surface area contributed by atoms with Crippen molar-refractivity contribution in [2.75, 3.05) is 19.6 Å². The van der Waals surface area contributed by atoms with Crippen molar-refractivity contribution < 1.29 is 9.18 Å². The second kappa shape index (κ2) is 8.09. The number of halogens is 2. The molecule has 0 aliphatic carbocycles. The molecule has 2 aromatic carbocycles. The Kier molecular flexibility index (Phi) is 6.13. The number of amides is 1. The van der Waals surface area contributed by atoms with Crippen molar-refractivity contribution in [1.29, 1.82) is 0 Å². The van der Waals surface area contributed by atoms with Crippen molar-refractivity contribution in [2.24, 2.45) is 5.73 Å². The van der Waals surface area contributed by atoms with Gasteiger partial charge in [-0.25, -0.2) is 4.39 Å². The first-order chi connectivity index (χ1) is 11.0. The molecule has 0 aliphatic rings. The average molecular weight is 335 g/mol. The first-order valence-corrected chi connectivity index (χ1v) is 7.89. The summed E-state index contributed by atoms with van der Waals surface area (Å²) in [6.45, 7) is 2.93. The SMILES string of the molecule is Cc1cc(C(=O)N(CCN)CCc2ccccc2)c(Cl)cc1F. The third-order valence-corrected chi connectivity index (χ3v) is 3.99. The standard InChI is InChI=1S/C18H20ClFN2O/c1-13-11-15(16(19)12-17(13)20)18(23)22(10-8-21)9-7-14-5-3-2-4-6-14/h2-6,11-12H,7-10,21H2,1H3. The van der Waals surface area contributed by atoms with E-state index >= 15 is 0 Å². The molecular formula is C18H20ClFN2O. The Bertz CT molecular complexity index is 676. The molecule has 0 fully saturated rings. The van der Waals surface area contributed by atoms with Crippen LogP contribution in [0.5, 0.6) is 0 Å². The summed E-state index contributed by atoms with van der Waals surface area (Å²) < 4.78 is 13.5. The zero-order valence-corrected chi connectivity index (χ0v) is 13.8. The van der Waals surface area contributed by atoms with Gasteiger partial charge in [0.25, 0.3) is 5.91 Å². The van der Waals surface area contributed by atoms with Crippen molar-refractivity contribution >= 4 is 17.5 Å². The first kappa shape index (κ1) is 17.4. The van der Waals surface area contributed by atoms with Crippen molar-refractivity contribution in [3.05, 3.63) is 70.0 Å². The molecule has 2 rings (SSSR count). The van der Waals surface area contributed by atoms with Crippen LogP contribution in [0, 0.1) is 12.7 Å². The van der Waals surface area contributed by atoms with Gasteiger partial charge >= 0.3 is 0 Å². The van der Waals surface area contributed by atoms with Gasteiger partial charge in [0.15, 0.2) is 0 Å². The quantitative estimate of drug-likeness (QED) is 0.879. The van der Waals surface area contributed by atoms with E-state index in [0.717, 1.165) is 12.0 Å². The third-order valence-electron chi connectivity index (χ3n) is 3.68. The van der Waals surface area contributed by atoms with Gasteiger partial charge in [0.05, 0.1) is 10.6 Å². The maximum Gasteiger partial charge on any atom is 0.255 e.